The molecule has 0 saturated carbocycles. The van der Waals surface area contributed by atoms with E-state index in [1.165, 1.54) is 0 Å². The molecule has 1 aliphatic rings. The van der Waals surface area contributed by atoms with E-state index < -0.39 is 0 Å². The standard InChI is InChI=1S/C12H17NO2/c14-8-10-4-1-2-6-12(10)13-11-5-3-7-15-9-11/h1-2,4,6,11,13-14H,3,5,7-9H2. The van der Waals surface area contributed by atoms with Gasteiger partial charge < -0.3 is 15.2 Å². The fourth-order valence-electron chi connectivity index (χ4n) is 1.87. The Morgan fingerprint density at radius 1 is 1.40 bits per heavy atom. The minimum atomic E-state index is 0.0801. The first kappa shape index (κ1) is 10.5. The van der Waals surface area contributed by atoms with Gasteiger partial charge in [0.25, 0.3) is 0 Å². The predicted molar refractivity (Wildman–Crippen MR) is 59.8 cm³/mol. The van der Waals surface area contributed by atoms with Crippen LogP contribution in [0.25, 0.3) is 0 Å². The molecule has 0 amide bonds. The topological polar surface area (TPSA) is 41.5 Å². The third-order valence-electron chi connectivity index (χ3n) is 2.71. The summed E-state index contributed by atoms with van der Waals surface area (Å²) in [6.45, 7) is 1.72. The highest BCUT2D eigenvalue weighted by Gasteiger charge is 2.14. The van der Waals surface area contributed by atoms with E-state index in [1.54, 1.807) is 0 Å². The molecular formula is C12H17NO2. The second-order valence-electron chi connectivity index (χ2n) is 3.87. The average Bonchev–Trinajstić information content (AvgIpc) is 2.31. The maximum atomic E-state index is 9.18. The summed E-state index contributed by atoms with van der Waals surface area (Å²) >= 11 is 0. The first-order valence-corrected chi connectivity index (χ1v) is 5.43. The zero-order chi connectivity index (χ0) is 10.5. The van der Waals surface area contributed by atoms with Crippen LogP contribution in [-0.2, 0) is 11.3 Å². The van der Waals surface area contributed by atoms with E-state index in [4.69, 9.17) is 4.74 Å². The Hall–Kier alpha value is -1.06. The first-order chi connectivity index (χ1) is 7.40. The van der Waals surface area contributed by atoms with Gasteiger partial charge in [0.15, 0.2) is 0 Å². The lowest BCUT2D eigenvalue weighted by Crippen LogP contribution is -2.30. The number of hydrogen-bond acceptors (Lipinski definition) is 3. The fourth-order valence-corrected chi connectivity index (χ4v) is 1.87. The zero-order valence-corrected chi connectivity index (χ0v) is 8.78. The molecule has 1 unspecified atom stereocenters. The molecule has 3 heteroatoms. The third-order valence-corrected chi connectivity index (χ3v) is 2.71. The van der Waals surface area contributed by atoms with Gasteiger partial charge in [-0.15, -0.1) is 0 Å². The molecule has 1 aromatic rings. The van der Waals surface area contributed by atoms with Crippen molar-refractivity contribution in [1.82, 2.24) is 0 Å². The Bertz CT molecular complexity index is 308. The van der Waals surface area contributed by atoms with Crippen LogP contribution >= 0.6 is 0 Å². The molecular weight excluding hydrogens is 190 g/mol. The molecule has 0 bridgehead atoms. The van der Waals surface area contributed by atoms with Crippen LogP contribution in [0.3, 0.4) is 0 Å². The number of para-hydroxylation sites is 1. The largest absolute Gasteiger partial charge is 0.392 e. The molecule has 82 valence electrons. The molecule has 1 heterocycles. The van der Waals surface area contributed by atoms with E-state index in [1.807, 2.05) is 24.3 Å². The monoisotopic (exact) mass is 207 g/mol. The van der Waals surface area contributed by atoms with Crippen LogP contribution in [0.1, 0.15) is 18.4 Å². The van der Waals surface area contributed by atoms with Gasteiger partial charge in [0.05, 0.1) is 13.2 Å². The Morgan fingerprint density at radius 3 is 3.00 bits per heavy atom. The number of rotatable bonds is 3. The Morgan fingerprint density at radius 2 is 2.27 bits per heavy atom. The molecule has 0 aliphatic carbocycles. The SMILES string of the molecule is OCc1ccccc1NC1CCCOC1. The molecule has 1 saturated heterocycles. The third kappa shape index (κ3) is 2.70. The van der Waals surface area contributed by atoms with Crippen molar-refractivity contribution >= 4 is 5.69 Å². The van der Waals surface area contributed by atoms with Gasteiger partial charge in [0.2, 0.25) is 0 Å². The van der Waals surface area contributed by atoms with Crippen LogP contribution in [0.15, 0.2) is 24.3 Å². The maximum absolute atomic E-state index is 9.18. The molecule has 1 aromatic carbocycles. The van der Waals surface area contributed by atoms with Crippen molar-refractivity contribution in [2.45, 2.75) is 25.5 Å². The summed E-state index contributed by atoms with van der Waals surface area (Å²) in [5.41, 5.74) is 1.97. The minimum Gasteiger partial charge on any atom is -0.392 e. The molecule has 0 radical (unpaired) electrons. The van der Waals surface area contributed by atoms with Crippen molar-refractivity contribution in [1.29, 1.82) is 0 Å². The molecule has 0 aromatic heterocycles. The molecule has 2 rings (SSSR count). The summed E-state index contributed by atoms with van der Waals surface area (Å²) in [4.78, 5) is 0. The molecule has 15 heavy (non-hydrogen) atoms. The van der Waals surface area contributed by atoms with Crippen LogP contribution in [0.5, 0.6) is 0 Å². The van der Waals surface area contributed by atoms with Gasteiger partial charge in [-0.25, -0.2) is 0 Å². The van der Waals surface area contributed by atoms with Crippen molar-refractivity contribution in [3.63, 3.8) is 0 Å². The molecule has 3 nitrogen and oxygen atoms in total. The Kier molecular flexibility index (Phi) is 3.59. The second-order valence-corrected chi connectivity index (χ2v) is 3.87. The smallest absolute Gasteiger partial charge is 0.0701 e. The summed E-state index contributed by atoms with van der Waals surface area (Å²) in [6, 6.07) is 8.23. The van der Waals surface area contributed by atoms with Crippen molar-refractivity contribution in [2.75, 3.05) is 18.5 Å². The zero-order valence-electron chi connectivity index (χ0n) is 8.78. The van der Waals surface area contributed by atoms with Crippen molar-refractivity contribution in [3.05, 3.63) is 29.8 Å². The van der Waals surface area contributed by atoms with Crippen molar-refractivity contribution in [2.24, 2.45) is 0 Å². The fraction of sp³-hybridized carbons (Fsp3) is 0.500. The first-order valence-electron chi connectivity index (χ1n) is 5.43. The second kappa shape index (κ2) is 5.14. The van der Waals surface area contributed by atoms with Gasteiger partial charge >= 0.3 is 0 Å². The highest BCUT2D eigenvalue weighted by atomic mass is 16.5. The van der Waals surface area contributed by atoms with Crippen LogP contribution < -0.4 is 5.32 Å². The van der Waals surface area contributed by atoms with Gasteiger partial charge in [-0.3, -0.25) is 0 Å². The van der Waals surface area contributed by atoms with Crippen LogP contribution in [-0.4, -0.2) is 24.4 Å². The molecule has 1 aliphatic heterocycles. The van der Waals surface area contributed by atoms with E-state index in [2.05, 4.69) is 5.32 Å². The highest BCUT2D eigenvalue weighted by molar-refractivity contribution is 5.51. The summed E-state index contributed by atoms with van der Waals surface area (Å²) in [5, 5.41) is 12.6. The van der Waals surface area contributed by atoms with E-state index >= 15 is 0 Å². The lowest BCUT2D eigenvalue weighted by Gasteiger charge is -2.25. The van der Waals surface area contributed by atoms with Crippen LogP contribution in [0.2, 0.25) is 0 Å². The van der Waals surface area contributed by atoms with Crippen molar-refractivity contribution in [3.8, 4) is 0 Å². The predicted octanol–water partition coefficient (Wildman–Crippen LogP) is 1.77. The van der Waals surface area contributed by atoms with Gasteiger partial charge in [-0.2, -0.15) is 0 Å². The number of anilines is 1. The molecule has 1 atom stereocenters. The summed E-state index contributed by atoms with van der Waals surface area (Å²) in [6.07, 6.45) is 2.25. The quantitative estimate of drug-likeness (QED) is 0.793. The Labute approximate surface area is 90.1 Å². The molecule has 2 N–H and O–H groups in total. The van der Waals surface area contributed by atoms with E-state index in [9.17, 15) is 5.11 Å². The van der Waals surface area contributed by atoms with Gasteiger partial charge in [0.1, 0.15) is 0 Å². The van der Waals surface area contributed by atoms with E-state index in [-0.39, 0.29) is 6.61 Å². The van der Waals surface area contributed by atoms with E-state index in [0.29, 0.717) is 6.04 Å². The molecule has 1 fully saturated rings. The van der Waals surface area contributed by atoms with Gasteiger partial charge in [0, 0.05) is 23.9 Å². The number of aliphatic hydroxyl groups excluding tert-OH is 1. The average molecular weight is 207 g/mol. The van der Waals surface area contributed by atoms with Gasteiger partial charge in [-0.1, -0.05) is 18.2 Å². The van der Waals surface area contributed by atoms with Gasteiger partial charge in [-0.05, 0) is 18.9 Å². The van der Waals surface area contributed by atoms with Crippen LogP contribution in [0.4, 0.5) is 5.69 Å². The van der Waals surface area contributed by atoms with Crippen molar-refractivity contribution < 1.29 is 9.84 Å². The minimum absolute atomic E-state index is 0.0801. The number of aliphatic hydroxyl groups is 1. The maximum Gasteiger partial charge on any atom is 0.0701 e. The summed E-state index contributed by atoms with van der Waals surface area (Å²) in [5.74, 6) is 0. The van der Waals surface area contributed by atoms with E-state index in [0.717, 1.165) is 37.3 Å². The summed E-state index contributed by atoms with van der Waals surface area (Å²) in [7, 11) is 0. The number of benzene rings is 1. The lowest BCUT2D eigenvalue weighted by atomic mass is 10.1. The number of ether oxygens (including phenoxy) is 1. The summed E-state index contributed by atoms with van der Waals surface area (Å²) < 4.78 is 5.40. The molecule has 0 spiro atoms. The number of hydrogen-bond donors (Lipinski definition) is 2. The highest BCUT2D eigenvalue weighted by Crippen LogP contribution is 2.18. The Balaban J connectivity index is 2.02. The lowest BCUT2D eigenvalue weighted by molar-refractivity contribution is 0.0875. The number of nitrogens with one attached hydrogen (secondary N) is 1. The normalized spacial score (nSPS) is 21.3. The van der Waals surface area contributed by atoms with Crippen LogP contribution in [0, 0.1) is 0 Å².